The van der Waals surface area contributed by atoms with Crippen LogP contribution in [0, 0.1) is 0 Å². The molecule has 0 aliphatic carbocycles. The standard InChI is InChI=1S/C13H10ClNO3/c1-15-7-10(13(17)18)12(16)6-11(15)8-2-4-9(14)5-3-8/h2-7H,1H3,(H,17,18). The molecular formula is C13H10ClNO3. The molecular weight excluding hydrogens is 254 g/mol. The SMILES string of the molecule is Cn1cc(C(=O)O)c(=O)cc1-c1ccc(Cl)cc1. The monoisotopic (exact) mass is 263 g/mol. The van der Waals surface area contributed by atoms with Crippen LogP contribution in [0.15, 0.2) is 41.3 Å². The van der Waals surface area contributed by atoms with Crippen LogP contribution in [0.5, 0.6) is 0 Å². The zero-order chi connectivity index (χ0) is 13.3. The van der Waals surface area contributed by atoms with Gasteiger partial charge in [0.15, 0.2) is 5.43 Å². The van der Waals surface area contributed by atoms with Crippen LogP contribution in [0.3, 0.4) is 0 Å². The van der Waals surface area contributed by atoms with E-state index in [0.29, 0.717) is 10.7 Å². The van der Waals surface area contributed by atoms with Crippen LogP contribution in [-0.2, 0) is 7.05 Å². The Bertz CT molecular complexity index is 659. The highest BCUT2D eigenvalue weighted by atomic mass is 35.5. The third-order valence-electron chi connectivity index (χ3n) is 2.61. The zero-order valence-corrected chi connectivity index (χ0v) is 10.3. The van der Waals surface area contributed by atoms with Gasteiger partial charge in [0.2, 0.25) is 0 Å². The number of benzene rings is 1. The van der Waals surface area contributed by atoms with Crippen molar-refractivity contribution >= 4 is 17.6 Å². The largest absolute Gasteiger partial charge is 0.477 e. The maximum atomic E-state index is 11.7. The fourth-order valence-electron chi connectivity index (χ4n) is 1.70. The molecule has 1 heterocycles. The normalized spacial score (nSPS) is 10.3. The molecule has 0 saturated carbocycles. The van der Waals surface area contributed by atoms with E-state index < -0.39 is 11.4 Å². The van der Waals surface area contributed by atoms with Crippen molar-refractivity contribution in [1.82, 2.24) is 4.57 Å². The molecule has 2 rings (SSSR count). The predicted octanol–water partition coefficient (Wildman–Crippen LogP) is 2.40. The van der Waals surface area contributed by atoms with Crippen molar-refractivity contribution in [3.05, 3.63) is 57.3 Å². The summed E-state index contributed by atoms with van der Waals surface area (Å²) in [5.41, 5.74) is 0.693. The van der Waals surface area contributed by atoms with Crippen LogP contribution in [0.2, 0.25) is 5.02 Å². The first kappa shape index (κ1) is 12.4. The van der Waals surface area contributed by atoms with Gasteiger partial charge in [0, 0.05) is 24.3 Å². The van der Waals surface area contributed by atoms with Crippen molar-refractivity contribution in [2.75, 3.05) is 0 Å². The molecule has 0 spiro atoms. The second kappa shape index (κ2) is 4.66. The van der Waals surface area contributed by atoms with Crippen LogP contribution in [0.25, 0.3) is 11.3 Å². The Morgan fingerprint density at radius 2 is 1.89 bits per heavy atom. The average Bonchev–Trinajstić information content (AvgIpc) is 2.32. The van der Waals surface area contributed by atoms with Crippen LogP contribution >= 0.6 is 11.6 Å². The number of carbonyl (C=O) groups is 1. The summed E-state index contributed by atoms with van der Waals surface area (Å²) in [6, 6.07) is 8.29. The van der Waals surface area contributed by atoms with E-state index in [2.05, 4.69) is 0 Å². The number of nitrogens with zero attached hydrogens (tertiary/aromatic N) is 1. The lowest BCUT2D eigenvalue weighted by molar-refractivity contribution is 0.0694. The highest BCUT2D eigenvalue weighted by molar-refractivity contribution is 6.30. The van der Waals surface area contributed by atoms with E-state index >= 15 is 0 Å². The number of hydrogen-bond acceptors (Lipinski definition) is 2. The lowest BCUT2D eigenvalue weighted by Gasteiger charge is -2.09. The predicted molar refractivity (Wildman–Crippen MR) is 69.1 cm³/mol. The smallest absolute Gasteiger partial charge is 0.341 e. The molecule has 4 nitrogen and oxygen atoms in total. The van der Waals surface area contributed by atoms with E-state index in [9.17, 15) is 9.59 Å². The number of carboxylic acid groups (broad SMARTS) is 1. The van der Waals surface area contributed by atoms with Gasteiger partial charge in [-0.2, -0.15) is 0 Å². The summed E-state index contributed by atoms with van der Waals surface area (Å²) in [7, 11) is 1.69. The Hall–Kier alpha value is -2.07. The first-order valence-corrected chi connectivity index (χ1v) is 5.57. The Morgan fingerprint density at radius 1 is 1.28 bits per heavy atom. The van der Waals surface area contributed by atoms with Gasteiger partial charge < -0.3 is 9.67 Å². The van der Waals surface area contributed by atoms with Crippen molar-refractivity contribution in [3.63, 3.8) is 0 Å². The van der Waals surface area contributed by atoms with E-state index in [1.807, 2.05) is 0 Å². The van der Waals surface area contributed by atoms with Crippen LogP contribution in [0.1, 0.15) is 10.4 Å². The van der Waals surface area contributed by atoms with Crippen LogP contribution in [-0.4, -0.2) is 15.6 Å². The number of halogens is 1. The summed E-state index contributed by atoms with van der Waals surface area (Å²) in [6.45, 7) is 0. The van der Waals surface area contributed by atoms with E-state index in [1.54, 1.807) is 35.9 Å². The molecule has 92 valence electrons. The number of aryl methyl sites for hydroxylation is 1. The van der Waals surface area contributed by atoms with Gasteiger partial charge in [-0.15, -0.1) is 0 Å². The highest BCUT2D eigenvalue weighted by Crippen LogP contribution is 2.20. The molecule has 0 aliphatic rings. The molecule has 18 heavy (non-hydrogen) atoms. The maximum absolute atomic E-state index is 11.7. The van der Waals surface area contributed by atoms with Crippen molar-refractivity contribution in [2.24, 2.45) is 7.05 Å². The van der Waals surface area contributed by atoms with Crippen molar-refractivity contribution in [2.45, 2.75) is 0 Å². The minimum absolute atomic E-state index is 0.241. The molecule has 5 heteroatoms. The minimum Gasteiger partial charge on any atom is -0.477 e. The van der Waals surface area contributed by atoms with Gasteiger partial charge in [-0.1, -0.05) is 23.7 Å². The molecule has 0 saturated heterocycles. The Kier molecular flexibility index (Phi) is 3.21. The fourth-order valence-corrected chi connectivity index (χ4v) is 1.82. The van der Waals surface area contributed by atoms with E-state index in [-0.39, 0.29) is 5.56 Å². The summed E-state index contributed by atoms with van der Waals surface area (Å²) in [5, 5.41) is 9.46. The molecule has 0 fully saturated rings. The van der Waals surface area contributed by atoms with Gasteiger partial charge in [-0.25, -0.2) is 4.79 Å². The second-order valence-electron chi connectivity index (χ2n) is 3.86. The number of carboxylic acids is 1. The second-order valence-corrected chi connectivity index (χ2v) is 4.30. The zero-order valence-electron chi connectivity index (χ0n) is 9.55. The van der Waals surface area contributed by atoms with Gasteiger partial charge in [-0.3, -0.25) is 4.79 Å². The van der Waals surface area contributed by atoms with Crippen LogP contribution in [0.4, 0.5) is 0 Å². The van der Waals surface area contributed by atoms with E-state index in [1.165, 1.54) is 12.3 Å². The van der Waals surface area contributed by atoms with Gasteiger partial charge in [-0.05, 0) is 17.7 Å². The fraction of sp³-hybridized carbons (Fsp3) is 0.0769. The minimum atomic E-state index is -1.22. The molecule has 0 amide bonds. The number of pyridine rings is 1. The molecule has 0 bridgehead atoms. The lowest BCUT2D eigenvalue weighted by Crippen LogP contribution is -2.17. The Morgan fingerprint density at radius 3 is 2.44 bits per heavy atom. The highest BCUT2D eigenvalue weighted by Gasteiger charge is 2.11. The number of hydrogen-bond donors (Lipinski definition) is 1. The third kappa shape index (κ3) is 2.28. The summed E-state index contributed by atoms with van der Waals surface area (Å²) in [6.07, 6.45) is 1.31. The van der Waals surface area contributed by atoms with Gasteiger partial charge >= 0.3 is 5.97 Å². The lowest BCUT2D eigenvalue weighted by atomic mass is 10.1. The molecule has 1 N–H and O–H groups in total. The number of rotatable bonds is 2. The van der Waals surface area contributed by atoms with Crippen molar-refractivity contribution in [3.8, 4) is 11.3 Å². The number of aromatic nitrogens is 1. The van der Waals surface area contributed by atoms with E-state index in [4.69, 9.17) is 16.7 Å². The van der Waals surface area contributed by atoms with E-state index in [0.717, 1.165) is 5.56 Å². The molecule has 2 aromatic rings. The first-order valence-electron chi connectivity index (χ1n) is 5.19. The summed E-state index contributed by atoms with van der Waals surface area (Å²) in [4.78, 5) is 22.5. The summed E-state index contributed by atoms with van der Waals surface area (Å²) in [5.74, 6) is -1.22. The first-order chi connectivity index (χ1) is 8.49. The molecule has 0 atom stereocenters. The van der Waals surface area contributed by atoms with Gasteiger partial charge in [0.05, 0.1) is 5.69 Å². The molecule has 1 aromatic heterocycles. The quantitative estimate of drug-likeness (QED) is 0.905. The van der Waals surface area contributed by atoms with Gasteiger partial charge in [0.25, 0.3) is 0 Å². The summed E-state index contributed by atoms with van der Waals surface area (Å²) < 4.78 is 1.61. The van der Waals surface area contributed by atoms with Gasteiger partial charge in [0.1, 0.15) is 5.56 Å². The van der Waals surface area contributed by atoms with Crippen LogP contribution < -0.4 is 5.43 Å². The summed E-state index contributed by atoms with van der Waals surface area (Å²) >= 11 is 5.79. The number of aromatic carboxylic acids is 1. The van der Waals surface area contributed by atoms with Crippen molar-refractivity contribution in [1.29, 1.82) is 0 Å². The topological polar surface area (TPSA) is 59.3 Å². The maximum Gasteiger partial charge on any atom is 0.341 e. The molecule has 0 unspecified atom stereocenters. The molecule has 0 radical (unpaired) electrons. The molecule has 1 aromatic carbocycles. The average molecular weight is 264 g/mol. The Balaban J connectivity index is 2.60. The Labute approximate surface area is 108 Å². The molecule has 0 aliphatic heterocycles. The third-order valence-corrected chi connectivity index (χ3v) is 2.86. The van der Waals surface area contributed by atoms with Crippen molar-refractivity contribution < 1.29 is 9.90 Å².